The summed E-state index contributed by atoms with van der Waals surface area (Å²) in [6.07, 6.45) is 0. The number of aromatic nitrogens is 2. The van der Waals surface area contributed by atoms with Crippen LogP contribution < -0.4 is 0 Å². The maximum atomic E-state index is 14.3. The molecule has 3 rings (SSSR count). The third-order valence-corrected chi connectivity index (χ3v) is 4.05. The molecule has 0 radical (unpaired) electrons. The van der Waals surface area contributed by atoms with Gasteiger partial charge in [0.25, 0.3) is 0 Å². The number of halogens is 4. The molecular weight excluding hydrogens is 367 g/mol. The Hall–Kier alpha value is -3.11. The number of carbonyl (C=O) groups is 1. The van der Waals surface area contributed by atoms with Gasteiger partial charge in [-0.1, -0.05) is 11.6 Å². The highest BCUT2D eigenvalue weighted by Gasteiger charge is 2.27. The highest BCUT2D eigenvalue weighted by Crippen LogP contribution is 2.32. The molecule has 0 atom stereocenters. The molecule has 0 aliphatic carbocycles. The van der Waals surface area contributed by atoms with Crippen molar-refractivity contribution in [2.45, 2.75) is 0 Å². The van der Waals surface area contributed by atoms with Crippen molar-refractivity contribution in [2.24, 2.45) is 7.05 Å². The van der Waals surface area contributed by atoms with E-state index in [0.29, 0.717) is 6.07 Å². The van der Waals surface area contributed by atoms with E-state index in [1.807, 2.05) is 0 Å². The number of rotatable bonds is 3. The Labute approximate surface area is 151 Å². The zero-order chi connectivity index (χ0) is 19.0. The van der Waals surface area contributed by atoms with Crippen molar-refractivity contribution in [1.82, 2.24) is 9.78 Å². The first-order valence-electron chi connectivity index (χ1n) is 7.25. The zero-order valence-corrected chi connectivity index (χ0v) is 14.0. The van der Waals surface area contributed by atoms with Crippen LogP contribution in [0, 0.1) is 28.8 Å². The Morgan fingerprint density at radius 1 is 1.15 bits per heavy atom. The van der Waals surface area contributed by atoms with E-state index in [0.717, 1.165) is 28.9 Å². The van der Waals surface area contributed by atoms with Crippen LogP contribution in [-0.4, -0.2) is 15.6 Å². The van der Waals surface area contributed by atoms with Gasteiger partial charge in [0.15, 0.2) is 11.5 Å². The summed E-state index contributed by atoms with van der Waals surface area (Å²) in [4.78, 5) is 12.9. The van der Waals surface area contributed by atoms with Crippen molar-refractivity contribution in [3.63, 3.8) is 0 Å². The number of aryl methyl sites for hydroxylation is 1. The molecule has 0 bridgehead atoms. The average Bonchev–Trinajstić information content (AvgIpc) is 2.91. The standard InChI is InChI=1S/C18H9ClF3N3O/c1-25-17(12-5-3-10(21)7-14(12)22)16(15(8-23)24-25)18(26)11-4-2-9(20)6-13(11)19/h2-7H,1H3. The number of nitriles is 1. The lowest BCUT2D eigenvalue weighted by atomic mass is 9.97. The number of ketones is 1. The molecule has 8 heteroatoms. The summed E-state index contributed by atoms with van der Waals surface area (Å²) in [6.45, 7) is 0. The minimum Gasteiger partial charge on any atom is -0.288 e. The lowest BCUT2D eigenvalue weighted by molar-refractivity contribution is 0.103. The zero-order valence-electron chi connectivity index (χ0n) is 13.2. The summed E-state index contributed by atoms with van der Waals surface area (Å²) >= 11 is 5.93. The molecule has 0 saturated carbocycles. The molecule has 0 amide bonds. The quantitative estimate of drug-likeness (QED) is 0.643. The molecule has 0 aliphatic rings. The molecule has 2 aromatic carbocycles. The van der Waals surface area contributed by atoms with Crippen molar-refractivity contribution >= 4 is 17.4 Å². The van der Waals surface area contributed by atoms with E-state index in [-0.39, 0.29) is 33.1 Å². The van der Waals surface area contributed by atoms with E-state index in [1.165, 1.54) is 13.1 Å². The van der Waals surface area contributed by atoms with E-state index >= 15 is 0 Å². The van der Waals surface area contributed by atoms with Crippen LogP contribution in [0.1, 0.15) is 21.6 Å². The van der Waals surface area contributed by atoms with Crippen molar-refractivity contribution in [2.75, 3.05) is 0 Å². The molecule has 130 valence electrons. The molecule has 4 nitrogen and oxygen atoms in total. The Bertz CT molecular complexity index is 1090. The average molecular weight is 376 g/mol. The van der Waals surface area contributed by atoms with E-state index in [1.54, 1.807) is 6.07 Å². The Morgan fingerprint density at radius 2 is 1.81 bits per heavy atom. The fraction of sp³-hybridized carbons (Fsp3) is 0.0556. The second-order valence-corrected chi connectivity index (χ2v) is 5.79. The van der Waals surface area contributed by atoms with Gasteiger partial charge in [-0.15, -0.1) is 0 Å². The van der Waals surface area contributed by atoms with Crippen LogP contribution >= 0.6 is 11.6 Å². The van der Waals surface area contributed by atoms with Gasteiger partial charge in [-0.25, -0.2) is 13.2 Å². The van der Waals surface area contributed by atoms with Gasteiger partial charge in [0, 0.05) is 24.2 Å². The third-order valence-electron chi connectivity index (χ3n) is 3.74. The van der Waals surface area contributed by atoms with E-state index < -0.39 is 23.2 Å². The molecule has 0 fully saturated rings. The molecule has 0 saturated heterocycles. The van der Waals surface area contributed by atoms with Gasteiger partial charge in [-0.05, 0) is 30.3 Å². The summed E-state index contributed by atoms with van der Waals surface area (Å²) in [5.41, 5.74) is -0.638. The summed E-state index contributed by atoms with van der Waals surface area (Å²) in [5, 5.41) is 13.1. The van der Waals surface area contributed by atoms with Crippen LogP contribution in [0.2, 0.25) is 5.02 Å². The van der Waals surface area contributed by atoms with Crippen LogP contribution in [0.15, 0.2) is 36.4 Å². The highest BCUT2D eigenvalue weighted by atomic mass is 35.5. The van der Waals surface area contributed by atoms with E-state index in [9.17, 15) is 23.2 Å². The van der Waals surface area contributed by atoms with Crippen LogP contribution in [0.5, 0.6) is 0 Å². The molecule has 0 aliphatic heterocycles. The van der Waals surface area contributed by atoms with Gasteiger partial charge in [0.2, 0.25) is 0 Å². The van der Waals surface area contributed by atoms with Gasteiger partial charge in [0.05, 0.1) is 16.3 Å². The number of carbonyl (C=O) groups excluding carboxylic acids is 1. The predicted octanol–water partition coefficient (Wildman–Crippen LogP) is 4.26. The molecule has 26 heavy (non-hydrogen) atoms. The second-order valence-electron chi connectivity index (χ2n) is 5.39. The number of hydrogen-bond donors (Lipinski definition) is 0. The fourth-order valence-electron chi connectivity index (χ4n) is 2.62. The van der Waals surface area contributed by atoms with Crippen molar-refractivity contribution in [3.8, 4) is 17.3 Å². The van der Waals surface area contributed by atoms with Gasteiger partial charge < -0.3 is 0 Å². The van der Waals surface area contributed by atoms with Gasteiger partial charge in [0.1, 0.15) is 23.5 Å². The van der Waals surface area contributed by atoms with Gasteiger partial charge in [-0.3, -0.25) is 9.48 Å². The van der Waals surface area contributed by atoms with Crippen LogP contribution in [0.4, 0.5) is 13.2 Å². The minimum atomic E-state index is -0.920. The minimum absolute atomic E-state index is 0.00978. The van der Waals surface area contributed by atoms with Crippen LogP contribution in [0.25, 0.3) is 11.3 Å². The Morgan fingerprint density at radius 3 is 2.42 bits per heavy atom. The topological polar surface area (TPSA) is 58.7 Å². The van der Waals surface area contributed by atoms with Crippen molar-refractivity contribution in [1.29, 1.82) is 5.26 Å². The number of benzene rings is 2. The largest absolute Gasteiger partial charge is 0.288 e. The maximum absolute atomic E-state index is 14.3. The maximum Gasteiger partial charge on any atom is 0.199 e. The molecule has 1 aromatic heterocycles. The van der Waals surface area contributed by atoms with Gasteiger partial charge in [-0.2, -0.15) is 10.4 Å². The molecule has 3 aromatic rings. The first kappa shape index (κ1) is 17.7. The smallest absolute Gasteiger partial charge is 0.199 e. The number of nitrogens with zero attached hydrogens (tertiary/aromatic N) is 3. The monoisotopic (exact) mass is 375 g/mol. The van der Waals surface area contributed by atoms with Crippen LogP contribution in [-0.2, 0) is 7.05 Å². The second kappa shape index (κ2) is 6.65. The summed E-state index contributed by atoms with van der Waals surface area (Å²) in [5.74, 6) is -3.07. The highest BCUT2D eigenvalue weighted by molar-refractivity contribution is 6.35. The molecule has 0 N–H and O–H groups in total. The lowest BCUT2D eigenvalue weighted by Gasteiger charge is -2.08. The Balaban J connectivity index is 2.27. The molecule has 0 unspecified atom stereocenters. The molecule has 0 spiro atoms. The van der Waals surface area contributed by atoms with Crippen molar-refractivity contribution < 1.29 is 18.0 Å². The summed E-state index contributed by atoms with van der Waals surface area (Å²) in [7, 11) is 1.42. The van der Waals surface area contributed by atoms with E-state index in [4.69, 9.17) is 11.6 Å². The molecular formula is C18H9ClF3N3O. The lowest BCUT2D eigenvalue weighted by Crippen LogP contribution is -2.07. The van der Waals surface area contributed by atoms with E-state index in [2.05, 4.69) is 5.10 Å². The number of hydrogen-bond acceptors (Lipinski definition) is 3. The fourth-order valence-corrected chi connectivity index (χ4v) is 2.87. The summed E-state index contributed by atoms with van der Waals surface area (Å²) in [6, 6.07) is 7.76. The first-order chi connectivity index (χ1) is 12.3. The Kier molecular flexibility index (Phi) is 4.53. The third kappa shape index (κ3) is 2.95. The van der Waals surface area contributed by atoms with Crippen molar-refractivity contribution in [3.05, 3.63) is 75.7 Å². The first-order valence-corrected chi connectivity index (χ1v) is 7.63. The predicted molar refractivity (Wildman–Crippen MR) is 88.1 cm³/mol. The SMILES string of the molecule is Cn1nc(C#N)c(C(=O)c2ccc(F)cc2Cl)c1-c1ccc(F)cc1F. The normalized spacial score (nSPS) is 10.6. The van der Waals surface area contributed by atoms with Gasteiger partial charge >= 0.3 is 0 Å². The molecule has 1 heterocycles. The summed E-state index contributed by atoms with van der Waals surface area (Å²) < 4.78 is 41.9. The van der Waals surface area contributed by atoms with Crippen LogP contribution in [0.3, 0.4) is 0 Å².